The summed E-state index contributed by atoms with van der Waals surface area (Å²) in [6.07, 6.45) is -1.47. The molecule has 1 atom stereocenters. The van der Waals surface area contributed by atoms with Crippen LogP contribution in [0.25, 0.3) is 5.52 Å². The Hall–Kier alpha value is -3.49. The fourth-order valence-electron chi connectivity index (χ4n) is 4.67. The van der Waals surface area contributed by atoms with Gasteiger partial charge in [0.2, 0.25) is 0 Å². The highest BCUT2D eigenvalue weighted by atomic mass is 79.9. The normalized spacial score (nSPS) is 14.3. The van der Waals surface area contributed by atoms with Crippen LogP contribution in [0.5, 0.6) is 5.75 Å². The van der Waals surface area contributed by atoms with E-state index in [1.54, 1.807) is 24.3 Å². The van der Waals surface area contributed by atoms with E-state index in [9.17, 15) is 31.1 Å². The van der Waals surface area contributed by atoms with Gasteiger partial charge in [-0.15, -0.1) is 13.2 Å². The van der Waals surface area contributed by atoms with Gasteiger partial charge in [0.25, 0.3) is 5.91 Å². The van der Waals surface area contributed by atoms with Crippen LogP contribution in [0.2, 0.25) is 0 Å². The number of benzene rings is 2. The van der Waals surface area contributed by atoms with Crippen LogP contribution in [0, 0.1) is 5.82 Å². The molecule has 0 spiro atoms. The number of amides is 1. The zero-order valence-electron chi connectivity index (χ0n) is 21.2. The van der Waals surface area contributed by atoms with Crippen molar-refractivity contribution in [3.05, 3.63) is 93.0 Å². The molecule has 1 fully saturated rings. The predicted octanol–water partition coefficient (Wildman–Crippen LogP) is 5.54. The summed E-state index contributed by atoms with van der Waals surface area (Å²) in [5.41, 5.74) is 8.82. The van der Waals surface area contributed by atoms with E-state index in [4.69, 9.17) is 5.73 Å². The summed E-state index contributed by atoms with van der Waals surface area (Å²) >= 11 is 0.285. The van der Waals surface area contributed by atoms with Gasteiger partial charge >= 0.3 is 6.36 Å². The van der Waals surface area contributed by atoms with Gasteiger partial charge in [0, 0.05) is 24.2 Å². The Kier molecular flexibility index (Phi) is 8.08. The molecule has 4 aromatic rings. The minimum absolute atomic E-state index is 0.0525. The monoisotopic (exact) mass is 653 g/mol. The average molecular weight is 654 g/mol. The van der Waals surface area contributed by atoms with Gasteiger partial charge in [0.15, 0.2) is 0 Å². The number of nitrogens with zero attached hydrogens (tertiary/aromatic N) is 3. The molecule has 1 aliphatic carbocycles. The summed E-state index contributed by atoms with van der Waals surface area (Å²) < 4.78 is 83.2. The first kappa shape index (κ1) is 29.0. The van der Waals surface area contributed by atoms with Gasteiger partial charge in [-0.1, -0.05) is 18.2 Å². The Morgan fingerprint density at radius 2 is 1.85 bits per heavy atom. The molecule has 41 heavy (non-hydrogen) atoms. The fraction of sp³-hybridized carbons (Fsp3) is 0.259. The molecule has 0 aliphatic heterocycles. The summed E-state index contributed by atoms with van der Waals surface area (Å²) in [6, 6.07) is 11.6. The molecular formula is C27H22BrF4N4O4S-. The first-order chi connectivity index (χ1) is 19.4. The molecule has 216 valence electrons. The first-order valence-corrected chi connectivity index (χ1v) is 14.2. The van der Waals surface area contributed by atoms with Gasteiger partial charge in [0.05, 0.1) is 33.1 Å². The number of halogens is 5. The molecule has 1 amide bonds. The van der Waals surface area contributed by atoms with Crippen molar-refractivity contribution in [2.24, 2.45) is 5.73 Å². The lowest BCUT2D eigenvalue weighted by Crippen LogP contribution is -2.29. The van der Waals surface area contributed by atoms with Gasteiger partial charge in [-0.3, -0.25) is 9.00 Å². The van der Waals surface area contributed by atoms with Gasteiger partial charge in [-0.25, -0.2) is 8.91 Å². The number of alkyl halides is 3. The Bertz CT molecular complexity index is 1640. The quantitative estimate of drug-likeness (QED) is 0.178. The van der Waals surface area contributed by atoms with Crippen molar-refractivity contribution in [1.82, 2.24) is 9.61 Å². The van der Waals surface area contributed by atoms with Gasteiger partial charge < -0.3 is 19.3 Å². The Balaban J connectivity index is 1.50. The van der Waals surface area contributed by atoms with E-state index in [0.717, 1.165) is 17.1 Å². The third-order valence-electron chi connectivity index (χ3n) is 6.67. The fourth-order valence-corrected chi connectivity index (χ4v) is 5.56. The van der Waals surface area contributed by atoms with Gasteiger partial charge in [-0.05, 0) is 88.1 Å². The molecule has 14 heteroatoms. The Labute approximate surface area is 242 Å². The van der Waals surface area contributed by atoms with Crippen LogP contribution in [-0.4, -0.2) is 37.2 Å². The average Bonchev–Trinajstić information content (AvgIpc) is 3.67. The number of carbonyl (C=O) groups is 1. The highest BCUT2D eigenvalue weighted by Crippen LogP contribution is 2.45. The molecule has 2 heterocycles. The van der Waals surface area contributed by atoms with Crippen molar-refractivity contribution in [3.8, 4) is 5.75 Å². The summed E-state index contributed by atoms with van der Waals surface area (Å²) in [5, 5.41) is 4.51. The molecule has 0 bridgehead atoms. The van der Waals surface area contributed by atoms with Crippen molar-refractivity contribution in [2.45, 2.75) is 38.0 Å². The molecule has 0 radical (unpaired) electrons. The molecule has 1 aliphatic rings. The van der Waals surface area contributed by atoms with Crippen molar-refractivity contribution >= 4 is 44.3 Å². The van der Waals surface area contributed by atoms with E-state index >= 15 is 0 Å². The number of carbonyl (C=O) groups excluding carboxylic acids is 1. The number of ether oxygens (including phenoxy) is 1. The summed E-state index contributed by atoms with van der Waals surface area (Å²) in [4.78, 5) is 12.5. The number of rotatable bonds is 10. The molecule has 2 aromatic heterocycles. The maximum absolute atomic E-state index is 13.4. The number of primary amides is 1. The van der Waals surface area contributed by atoms with Crippen LogP contribution in [0.4, 0.5) is 23.2 Å². The van der Waals surface area contributed by atoms with Crippen LogP contribution >= 0.6 is 15.9 Å². The van der Waals surface area contributed by atoms with Crippen LogP contribution in [-0.2, 0) is 24.1 Å². The van der Waals surface area contributed by atoms with E-state index in [1.165, 1.54) is 35.0 Å². The van der Waals surface area contributed by atoms with Crippen molar-refractivity contribution in [3.63, 3.8) is 0 Å². The standard InChI is InChI=1S/C27H23BrF4N4O4S/c28-20-8-3-16(12-24(20)40-27(30,31)32)9-10-36(41(38)39)23-14-35-22(13-19(23)17-4-5-17)25(26(33)37)21(34-35)11-15-1-6-18(29)7-2-15/h1-3,6-8,12-14,17H,4-5,9-11H2,(H2,33,37)(H,38,39)/p-1. The second-order valence-electron chi connectivity index (χ2n) is 9.59. The number of nitrogens with two attached hydrogens (primary N) is 1. The number of pyridine rings is 1. The third kappa shape index (κ3) is 6.71. The lowest BCUT2D eigenvalue weighted by Gasteiger charge is -2.29. The summed E-state index contributed by atoms with van der Waals surface area (Å²) in [7, 11) is 0. The molecule has 2 N–H and O–H groups in total. The van der Waals surface area contributed by atoms with Crippen LogP contribution < -0.4 is 14.8 Å². The molecular weight excluding hydrogens is 632 g/mol. The summed E-state index contributed by atoms with van der Waals surface area (Å²) in [6.45, 7) is -0.0825. The Morgan fingerprint density at radius 1 is 1.17 bits per heavy atom. The highest BCUT2D eigenvalue weighted by Gasteiger charge is 2.33. The minimum atomic E-state index is -4.89. The van der Waals surface area contributed by atoms with E-state index < -0.39 is 35.1 Å². The van der Waals surface area contributed by atoms with Crippen LogP contribution in [0.15, 0.2) is 59.2 Å². The van der Waals surface area contributed by atoms with E-state index in [1.807, 2.05) is 0 Å². The number of anilines is 1. The van der Waals surface area contributed by atoms with E-state index in [2.05, 4.69) is 25.8 Å². The summed E-state index contributed by atoms with van der Waals surface area (Å²) in [5.74, 6) is -1.50. The van der Waals surface area contributed by atoms with E-state index in [-0.39, 0.29) is 35.3 Å². The number of hydrogen-bond acceptors (Lipinski definition) is 5. The maximum Gasteiger partial charge on any atom is 0.573 e. The van der Waals surface area contributed by atoms with Crippen LogP contribution in [0.1, 0.15) is 51.5 Å². The lowest BCUT2D eigenvalue weighted by atomic mass is 10.0. The lowest BCUT2D eigenvalue weighted by molar-refractivity contribution is -0.274. The molecule has 2 aromatic carbocycles. The molecule has 1 saturated carbocycles. The SMILES string of the molecule is NC(=O)c1c(Cc2ccc(F)cc2)nn2cc(N(CCc3ccc(Br)c(OC(F)(F)F)c3)S(=O)[O-])c(C3CC3)cc12. The first-order valence-electron chi connectivity index (χ1n) is 12.4. The van der Waals surface area contributed by atoms with Crippen molar-refractivity contribution in [1.29, 1.82) is 0 Å². The Morgan fingerprint density at radius 3 is 2.46 bits per heavy atom. The number of fused-ring (bicyclic) bond motifs is 1. The number of hydrogen-bond donors (Lipinski definition) is 1. The molecule has 8 nitrogen and oxygen atoms in total. The van der Waals surface area contributed by atoms with Crippen LogP contribution in [0.3, 0.4) is 0 Å². The van der Waals surface area contributed by atoms with Crippen molar-refractivity contribution in [2.75, 3.05) is 10.8 Å². The molecule has 5 rings (SSSR count). The minimum Gasteiger partial charge on any atom is -0.755 e. The second-order valence-corrected chi connectivity index (χ2v) is 11.3. The zero-order valence-corrected chi connectivity index (χ0v) is 23.6. The topological polar surface area (TPSA) is 113 Å². The molecule has 1 unspecified atom stereocenters. The predicted molar refractivity (Wildman–Crippen MR) is 146 cm³/mol. The zero-order chi connectivity index (χ0) is 29.5. The smallest absolute Gasteiger partial charge is 0.573 e. The van der Waals surface area contributed by atoms with Crippen molar-refractivity contribution < 1.29 is 35.9 Å². The number of aromatic nitrogens is 2. The highest BCUT2D eigenvalue weighted by molar-refractivity contribution is 9.10. The second kappa shape index (κ2) is 11.4. The largest absolute Gasteiger partial charge is 0.755 e. The maximum atomic E-state index is 13.4. The van der Waals surface area contributed by atoms with Gasteiger partial charge in [0.1, 0.15) is 11.6 Å². The third-order valence-corrected chi connectivity index (χ3v) is 8.07. The van der Waals surface area contributed by atoms with E-state index in [0.29, 0.717) is 33.6 Å². The molecule has 0 saturated heterocycles. The van der Waals surface area contributed by atoms with Gasteiger partial charge in [-0.2, -0.15) is 5.10 Å².